The molecule has 0 spiro atoms. The van der Waals surface area contributed by atoms with E-state index in [2.05, 4.69) is 9.47 Å². The van der Waals surface area contributed by atoms with Crippen LogP contribution in [0.25, 0.3) is 0 Å². The molecule has 0 aromatic heterocycles. The minimum Gasteiger partial charge on any atom is -0.461 e. The number of unbranched alkanes of at least 4 members (excludes halogenated alkanes) is 1. The smallest absolute Gasteiger partial charge is 0.461 e. The van der Waals surface area contributed by atoms with Crippen LogP contribution in [-0.4, -0.2) is 42.8 Å². The molecule has 0 saturated heterocycles. The summed E-state index contributed by atoms with van der Waals surface area (Å²) in [6, 6.07) is 0. The Labute approximate surface area is 152 Å². The molecule has 0 fully saturated rings. The predicted molar refractivity (Wildman–Crippen MR) is 71.2 cm³/mol. The molecular weight excluding hydrogens is 425 g/mol. The standard InChI is InChI=1S/C14H17F11O3/c1-3-5-6-8(4-2)7-27-9(26)10(15,12(18,19)20)28-14(24,25)11(16,17)13(21,22)23/h8H,3-7H2,1-2H3/t8-,10-/m1/s1. The summed E-state index contributed by atoms with van der Waals surface area (Å²) < 4.78 is 146. The highest BCUT2D eigenvalue weighted by Gasteiger charge is 2.80. The zero-order chi connectivity index (χ0) is 22.6. The van der Waals surface area contributed by atoms with Crippen molar-refractivity contribution in [2.75, 3.05) is 6.61 Å². The minimum atomic E-state index is -7.23. The fourth-order valence-electron chi connectivity index (χ4n) is 1.81. The van der Waals surface area contributed by atoms with Crippen molar-refractivity contribution in [3.63, 3.8) is 0 Å². The second-order valence-electron chi connectivity index (χ2n) is 5.80. The van der Waals surface area contributed by atoms with Gasteiger partial charge in [-0.05, 0) is 12.3 Å². The molecule has 0 amide bonds. The molecule has 0 aliphatic carbocycles. The fourth-order valence-corrected chi connectivity index (χ4v) is 1.81. The third kappa shape index (κ3) is 5.83. The van der Waals surface area contributed by atoms with Gasteiger partial charge in [0.1, 0.15) is 0 Å². The number of carbonyl (C=O) groups excluding carboxylic acids is 1. The lowest BCUT2D eigenvalue weighted by atomic mass is 10.0. The summed E-state index contributed by atoms with van der Waals surface area (Å²) in [4.78, 5) is 11.4. The van der Waals surface area contributed by atoms with Crippen molar-refractivity contribution in [2.45, 2.75) is 69.8 Å². The van der Waals surface area contributed by atoms with E-state index in [-0.39, 0.29) is 12.8 Å². The van der Waals surface area contributed by atoms with Gasteiger partial charge >= 0.3 is 36.2 Å². The maximum atomic E-state index is 13.9. The molecule has 28 heavy (non-hydrogen) atoms. The van der Waals surface area contributed by atoms with E-state index in [1.165, 1.54) is 6.92 Å². The van der Waals surface area contributed by atoms with Crippen LogP contribution in [-0.2, 0) is 14.3 Å². The molecule has 0 rings (SSSR count). The molecule has 3 nitrogen and oxygen atoms in total. The molecular formula is C14H17F11O3. The van der Waals surface area contributed by atoms with Crippen LogP contribution < -0.4 is 0 Å². The van der Waals surface area contributed by atoms with E-state index in [1.807, 2.05) is 0 Å². The molecule has 2 atom stereocenters. The summed E-state index contributed by atoms with van der Waals surface area (Å²) in [6.45, 7) is 2.34. The number of esters is 1. The Hall–Kier alpha value is -1.34. The van der Waals surface area contributed by atoms with Gasteiger partial charge in [0.25, 0.3) is 0 Å². The van der Waals surface area contributed by atoms with Crippen LogP contribution in [0, 0.1) is 5.92 Å². The monoisotopic (exact) mass is 442 g/mol. The average Bonchev–Trinajstić information content (AvgIpc) is 2.51. The van der Waals surface area contributed by atoms with Crippen LogP contribution in [0.1, 0.15) is 39.5 Å². The average molecular weight is 442 g/mol. The highest BCUT2D eigenvalue weighted by molar-refractivity contribution is 5.78. The number of halogens is 11. The highest BCUT2D eigenvalue weighted by atomic mass is 19.4. The molecule has 168 valence electrons. The molecule has 0 N–H and O–H groups in total. The second kappa shape index (κ2) is 8.99. The number of ether oxygens (including phenoxy) is 2. The quantitative estimate of drug-likeness (QED) is 0.318. The van der Waals surface area contributed by atoms with Crippen LogP contribution in [0.15, 0.2) is 0 Å². The number of hydrogen-bond donors (Lipinski definition) is 0. The van der Waals surface area contributed by atoms with E-state index in [0.29, 0.717) is 12.8 Å². The Morgan fingerprint density at radius 2 is 1.36 bits per heavy atom. The predicted octanol–water partition coefficient (Wildman–Crippen LogP) is 5.78. The molecule has 0 heterocycles. The van der Waals surface area contributed by atoms with Crippen molar-refractivity contribution in [3.05, 3.63) is 0 Å². The van der Waals surface area contributed by atoms with Crippen LogP contribution in [0.4, 0.5) is 48.3 Å². The first kappa shape index (κ1) is 26.7. The van der Waals surface area contributed by atoms with Crippen molar-refractivity contribution >= 4 is 5.97 Å². The number of carbonyl (C=O) groups is 1. The van der Waals surface area contributed by atoms with Crippen molar-refractivity contribution in [1.82, 2.24) is 0 Å². The number of rotatable bonds is 10. The molecule has 0 aromatic rings. The summed E-state index contributed by atoms with van der Waals surface area (Å²) in [6.07, 6.45) is -19.3. The maximum Gasteiger partial charge on any atom is 0.462 e. The number of alkyl halides is 11. The Morgan fingerprint density at radius 3 is 1.71 bits per heavy atom. The van der Waals surface area contributed by atoms with Gasteiger partial charge in [0.15, 0.2) is 0 Å². The van der Waals surface area contributed by atoms with Crippen LogP contribution >= 0.6 is 0 Å². The highest BCUT2D eigenvalue weighted by Crippen LogP contribution is 2.51. The number of hydrogen-bond acceptors (Lipinski definition) is 3. The molecule has 0 aliphatic heterocycles. The zero-order valence-corrected chi connectivity index (χ0v) is 14.5. The van der Waals surface area contributed by atoms with Crippen LogP contribution in [0.5, 0.6) is 0 Å². The summed E-state index contributed by atoms with van der Waals surface area (Å²) in [5.74, 6) is -17.3. The summed E-state index contributed by atoms with van der Waals surface area (Å²) in [5.41, 5.74) is 0. The summed E-state index contributed by atoms with van der Waals surface area (Å²) in [7, 11) is 0. The van der Waals surface area contributed by atoms with Gasteiger partial charge in [-0.15, -0.1) is 0 Å². The topological polar surface area (TPSA) is 35.5 Å². The van der Waals surface area contributed by atoms with Gasteiger partial charge in [0, 0.05) is 0 Å². The Morgan fingerprint density at radius 1 is 0.857 bits per heavy atom. The van der Waals surface area contributed by atoms with Crippen LogP contribution in [0.3, 0.4) is 0 Å². The van der Waals surface area contributed by atoms with Crippen molar-refractivity contribution in [2.24, 2.45) is 5.92 Å². The molecule has 0 saturated carbocycles. The van der Waals surface area contributed by atoms with Gasteiger partial charge in [0.2, 0.25) is 0 Å². The first-order valence-corrected chi connectivity index (χ1v) is 7.82. The first-order chi connectivity index (χ1) is 12.4. The van der Waals surface area contributed by atoms with E-state index >= 15 is 0 Å². The lowest BCUT2D eigenvalue weighted by molar-refractivity contribution is -0.475. The Bertz CT molecular complexity index is 516. The SMILES string of the molecule is CCCC[C@@H](CC)COC(=O)[C@@](F)(OC(F)(F)C(F)(F)C(F)(F)F)C(F)(F)F. The molecule has 0 unspecified atom stereocenters. The van der Waals surface area contributed by atoms with Gasteiger partial charge in [-0.1, -0.05) is 33.1 Å². The van der Waals surface area contributed by atoms with E-state index in [0.717, 1.165) is 0 Å². The summed E-state index contributed by atoms with van der Waals surface area (Å²) in [5, 5.41) is 0. The lowest BCUT2D eigenvalue weighted by Crippen LogP contribution is -2.62. The van der Waals surface area contributed by atoms with E-state index in [4.69, 9.17) is 0 Å². The van der Waals surface area contributed by atoms with Gasteiger partial charge in [-0.2, -0.15) is 48.3 Å². The molecule has 0 aromatic carbocycles. The molecule has 0 bridgehead atoms. The van der Waals surface area contributed by atoms with E-state index < -0.39 is 48.7 Å². The first-order valence-electron chi connectivity index (χ1n) is 7.82. The largest absolute Gasteiger partial charge is 0.462 e. The molecule has 14 heteroatoms. The normalized spacial score (nSPS) is 17.2. The zero-order valence-electron chi connectivity index (χ0n) is 14.5. The van der Waals surface area contributed by atoms with Gasteiger partial charge < -0.3 is 4.74 Å². The lowest BCUT2D eigenvalue weighted by Gasteiger charge is -2.33. The fraction of sp³-hybridized carbons (Fsp3) is 0.929. The molecule has 0 aliphatic rings. The van der Waals surface area contributed by atoms with Crippen molar-refractivity contribution < 1.29 is 62.6 Å². The van der Waals surface area contributed by atoms with Crippen molar-refractivity contribution in [1.29, 1.82) is 0 Å². The van der Waals surface area contributed by atoms with Crippen LogP contribution in [0.2, 0.25) is 0 Å². The van der Waals surface area contributed by atoms with Gasteiger partial charge in [-0.3, -0.25) is 4.74 Å². The maximum absolute atomic E-state index is 13.9. The van der Waals surface area contributed by atoms with E-state index in [9.17, 15) is 53.1 Å². The third-order valence-electron chi connectivity index (χ3n) is 3.61. The van der Waals surface area contributed by atoms with Gasteiger partial charge in [0.05, 0.1) is 6.61 Å². The Balaban J connectivity index is 5.63. The second-order valence-corrected chi connectivity index (χ2v) is 5.80. The van der Waals surface area contributed by atoms with E-state index in [1.54, 1.807) is 6.92 Å². The minimum absolute atomic E-state index is 0.210. The molecule has 0 radical (unpaired) electrons. The summed E-state index contributed by atoms with van der Waals surface area (Å²) >= 11 is 0. The van der Waals surface area contributed by atoms with Crippen molar-refractivity contribution in [3.8, 4) is 0 Å². The third-order valence-corrected chi connectivity index (χ3v) is 3.61. The van der Waals surface area contributed by atoms with Gasteiger partial charge in [-0.25, -0.2) is 4.79 Å². The Kier molecular flexibility index (Phi) is 8.56.